The molecule has 3 rings (SSSR count). The summed E-state index contributed by atoms with van der Waals surface area (Å²) in [5.74, 6) is -2.36. The molecule has 0 spiro atoms. The van der Waals surface area contributed by atoms with Gasteiger partial charge in [0.15, 0.2) is 0 Å². The number of nitrogens with one attached hydrogen (secondary N) is 1. The van der Waals surface area contributed by atoms with Gasteiger partial charge in [0.25, 0.3) is 0 Å². The van der Waals surface area contributed by atoms with Crippen molar-refractivity contribution in [2.45, 2.75) is 6.42 Å². The van der Waals surface area contributed by atoms with Crippen molar-refractivity contribution in [3.63, 3.8) is 0 Å². The number of nitrogens with zero attached hydrogens (tertiary/aromatic N) is 2. The molecule has 1 aromatic heterocycles. The second-order valence-electron chi connectivity index (χ2n) is 4.87. The monoisotopic (exact) mass is 287 g/mol. The van der Waals surface area contributed by atoms with E-state index in [-0.39, 0.29) is 17.2 Å². The van der Waals surface area contributed by atoms with Gasteiger partial charge in [-0.05, 0) is 12.1 Å². The van der Waals surface area contributed by atoms with Gasteiger partial charge in [-0.3, -0.25) is 24.3 Å². The highest BCUT2D eigenvalue weighted by atomic mass is 16.4. The summed E-state index contributed by atoms with van der Waals surface area (Å²) in [6.07, 6.45) is 1.09. The number of amides is 1. The highest BCUT2D eigenvalue weighted by molar-refractivity contribution is 6.14. The molecule has 1 amide bonds. The summed E-state index contributed by atoms with van der Waals surface area (Å²) in [7, 11) is 0. The van der Waals surface area contributed by atoms with Crippen LogP contribution in [0.15, 0.2) is 35.8 Å². The molecule has 1 aromatic rings. The van der Waals surface area contributed by atoms with Crippen molar-refractivity contribution >= 4 is 17.7 Å². The van der Waals surface area contributed by atoms with Crippen LogP contribution in [-0.2, 0) is 9.59 Å². The lowest BCUT2D eigenvalue weighted by Crippen LogP contribution is -2.29. The molecule has 0 radical (unpaired) electrons. The van der Waals surface area contributed by atoms with Gasteiger partial charge in [0, 0.05) is 19.3 Å². The van der Waals surface area contributed by atoms with Crippen molar-refractivity contribution in [3.05, 3.63) is 41.5 Å². The summed E-state index contributed by atoms with van der Waals surface area (Å²) < 4.78 is 0. The third kappa shape index (κ3) is 2.16. The van der Waals surface area contributed by atoms with Crippen LogP contribution in [0.4, 0.5) is 0 Å². The maximum atomic E-state index is 12.6. The van der Waals surface area contributed by atoms with Crippen LogP contribution in [0, 0.1) is 5.92 Å². The minimum atomic E-state index is -1.11. The van der Waals surface area contributed by atoms with Crippen LogP contribution in [0.2, 0.25) is 0 Å². The van der Waals surface area contributed by atoms with Crippen LogP contribution in [0.25, 0.3) is 0 Å². The number of carbonyl (C=O) groups is 3. The zero-order valence-corrected chi connectivity index (χ0v) is 11.1. The Labute approximate surface area is 120 Å². The molecule has 0 saturated carbocycles. The molecule has 21 heavy (non-hydrogen) atoms. The summed E-state index contributed by atoms with van der Waals surface area (Å²) >= 11 is 0. The smallest absolute Gasteiger partial charge is 0.304 e. The van der Waals surface area contributed by atoms with E-state index in [9.17, 15) is 14.4 Å². The first-order chi connectivity index (χ1) is 10.1. The van der Waals surface area contributed by atoms with Crippen molar-refractivity contribution in [2.75, 3.05) is 13.1 Å². The fourth-order valence-electron chi connectivity index (χ4n) is 2.70. The average molecular weight is 287 g/mol. The first-order valence-electron chi connectivity index (χ1n) is 6.56. The Morgan fingerprint density at radius 2 is 2.24 bits per heavy atom. The SMILES string of the molecule is O=C(O)CC1C(=O)N2CCNC2=C1C(=O)c1ccccn1. The number of carboxylic acids is 1. The first kappa shape index (κ1) is 13.3. The summed E-state index contributed by atoms with van der Waals surface area (Å²) in [5, 5.41) is 12.0. The summed E-state index contributed by atoms with van der Waals surface area (Å²) in [6.45, 7) is 1.00. The summed E-state index contributed by atoms with van der Waals surface area (Å²) in [5.41, 5.74) is 0.414. The lowest BCUT2D eigenvalue weighted by Gasteiger charge is -2.11. The van der Waals surface area contributed by atoms with Crippen LogP contribution < -0.4 is 5.32 Å². The van der Waals surface area contributed by atoms with Crippen LogP contribution in [-0.4, -0.2) is 45.7 Å². The van der Waals surface area contributed by atoms with Crippen molar-refractivity contribution in [2.24, 2.45) is 5.92 Å². The van der Waals surface area contributed by atoms with Gasteiger partial charge in [0.05, 0.1) is 17.9 Å². The number of fused-ring (bicyclic) bond motifs is 1. The summed E-state index contributed by atoms with van der Waals surface area (Å²) in [4.78, 5) is 41.3. The third-order valence-corrected chi connectivity index (χ3v) is 3.59. The maximum absolute atomic E-state index is 12.6. The number of carboxylic acid groups (broad SMARTS) is 1. The Morgan fingerprint density at radius 3 is 2.90 bits per heavy atom. The van der Waals surface area contributed by atoms with E-state index in [0.717, 1.165) is 0 Å². The predicted octanol–water partition coefficient (Wildman–Crippen LogP) is 0.0122. The molecule has 7 heteroatoms. The number of pyridine rings is 1. The van der Waals surface area contributed by atoms with Crippen molar-refractivity contribution in [3.8, 4) is 0 Å². The molecule has 7 nitrogen and oxygen atoms in total. The normalized spacial score (nSPS) is 20.5. The van der Waals surface area contributed by atoms with Crippen molar-refractivity contribution < 1.29 is 19.5 Å². The molecule has 108 valence electrons. The Bertz CT molecular complexity index is 653. The zero-order chi connectivity index (χ0) is 15.0. The number of aromatic nitrogens is 1. The van der Waals surface area contributed by atoms with E-state index in [1.165, 1.54) is 11.1 Å². The second kappa shape index (κ2) is 5.01. The number of hydrogen-bond acceptors (Lipinski definition) is 5. The molecule has 2 aliphatic rings. The first-order valence-corrected chi connectivity index (χ1v) is 6.56. The number of carbonyl (C=O) groups excluding carboxylic acids is 2. The largest absolute Gasteiger partial charge is 0.481 e. The van der Waals surface area contributed by atoms with Gasteiger partial charge in [0.2, 0.25) is 11.7 Å². The minimum Gasteiger partial charge on any atom is -0.481 e. The Kier molecular flexibility index (Phi) is 3.17. The molecule has 0 bridgehead atoms. The molecule has 0 aliphatic carbocycles. The van der Waals surface area contributed by atoms with E-state index in [1.54, 1.807) is 18.2 Å². The van der Waals surface area contributed by atoms with Gasteiger partial charge in [-0.2, -0.15) is 0 Å². The molecule has 2 N–H and O–H groups in total. The van der Waals surface area contributed by atoms with E-state index < -0.39 is 24.1 Å². The Hall–Kier alpha value is -2.70. The number of Topliss-reactive ketones (excluding diaryl/α,β-unsaturated/α-hetero) is 1. The van der Waals surface area contributed by atoms with Gasteiger partial charge in [-0.25, -0.2) is 0 Å². The number of ketones is 1. The fourth-order valence-corrected chi connectivity index (χ4v) is 2.70. The van der Waals surface area contributed by atoms with Gasteiger partial charge >= 0.3 is 5.97 Å². The predicted molar refractivity (Wildman–Crippen MR) is 71.1 cm³/mol. The van der Waals surface area contributed by atoms with Crippen LogP contribution in [0.3, 0.4) is 0 Å². The molecule has 1 atom stereocenters. The van der Waals surface area contributed by atoms with E-state index >= 15 is 0 Å². The highest BCUT2D eigenvalue weighted by Gasteiger charge is 2.45. The number of aliphatic carboxylic acids is 1. The molecule has 1 unspecified atom stereocenters. The van der Waals surface area contributed by atoms with E-state index in [0.29, 0.717) is 18.9 Å². The van der Waals surface area contributed by atoms with Crippen LogP contribution in [0.1, 0.15) is 16.9 Å². The van der Waals surface area contributed by atoms with Gasteiger partial charge in [-0.1, -0.05) is 6.07 Å². The standard InChI is InChI=1S/C14H13N3O4/c18-10(19)7-8-11(12(20)9-3-1-2-4-15-9)13-16-5-6-17(13)14(8)21/h1-4,8,16H,5-7H2,(H,18,19). The van der Waals surface area contributed by atoms with E-state index in [2.05, 4.69) is 10.3 Å². The van der Waals surface area contributed by atoms with Crippen LogP contribution in [0.5, 0.6) is 0 Å². The van der Waals surface area contributed by atoms with Crippen LogP contribution >= 0.6 is 0 Å². The molecule has 1 saturated heterocycles. The third-order valence-electron chi connectivity index (χ3n) is 3.59. The Balaban J connectivity index is 2.03. The van der Waals surface area contributed by atoms with Gasteiger partial charge in [-0.15, -0.1) is 0 Å². The lowest BCUT2D eigenvalue weighted by molar-refractivity contribution is -0.141. The maximum Gasteiger partial charge on any atom is 0.304 e. The lowest BCUT2D eigenvalue weighted by atomic mass is 9.92. The van der Waals surface area contributed by atoms with E-state index in [4.69, 9.17) is 5.11 Å². The van der Waals surface area contributed by atoms with Gasteiger partial charge in [0.1, 0.15) is 11.5 Å². The van der Waals surface area contributed by atoms with Gasteiger partial charge < -0.3 is 10.4 Å². The zero-order valence-electron chi connectivity index (χ0n) is 11.1. The summed E-state index contributed by atoms with van der Waals surface area (Å²) in [6, 6.07) is 4.91. The molecule has 0 aromatic carbocycles. The van der Waals surface area contributed by atoms with E-state index in [1.807, 2.05) is 0 Å². The average Bonchev–Trinajstić information content (AvgIpc) is 3.03. The molecular formula is C14H13N3O4. The molecule has 2 aliphatic heterocycles. The molecule has 1 fully saturated rings. The minimum absolute atomic E-state index is 0.207. The fraction of sp³-hybridized carbons (Fsp3) is 0.286. The molecular weight excluding hydrogens is 274 g/mol. The topological polar surface area (TPSA) is 99.6 Å². The quantitative estimate of drug-likeness (QED) is 0.757. The number of hydrogen-bond donors (Lipinski definition) is 2. The number of rotatable bonds is 4. The van der Waals surface area contributed by atoms with Crippen molar-refractivity contribution in [1.82, 2.24) is 15.2 Å². The molecule has 3 heterocycles. The van der Waals surface area contributed by atoms with Crippen molar-refractivity contribution in [1.29, 1.82) is 0 Å². The second-order valence-corrected chi connectivity index (χ2v) is 4.87. The Morgan fingerprint density at radius 1 is 1.43 bits per heavy atom. The highest BCUT2D eigenvalue weighted by Crippen LogP contribution is 2.34.